The molecule has 0 saturated heterocycles. The summed E-state index contributed by atoms with van der Waals surface area (Å²) in [6.45, 7) is 5.85. The van der Waals surface area contributed by atoms with E-state index in [0.29, 0.717) is 17.3 Å². The van der Waals surface area contributed by atoms with Gasteiger partial charge in [0.25, 0.3) is 5.91 Å². The standard InChI is InChI=1S/C22H20FN5O3/c1-13-4-8-20(14(2)10-13)30-12-17-6-9-21(31-17)22(29)24-19-11-16(5-7-18(19)23)28-15(3)25-26-27-28/h4-11H,12H2,1-3H3,(H,24,29). The van der Waals surface area contributed by atoms with E-state index in [2.05, 4.69) is 20.8 Å². The zero-order valence-corrected chi connectivity index (χ0v) is 17.2. The van der Waals surface area contributed by atoms with Gasteiger partial charge in [0, 0.05) is 0 Å². The predicted octanol–water partition coefficient (Wildman–Crippen LogP) is 4.15. The van der Waals surface area contributed by atoms with Crippen LogP contribution in [-0.4, -0.2) is 26.1 Å². The number of furan rings is 1. The highest BCUT2D eigenvalue weighted by molar-refractivity contribution is 6.02. The molecule has 0 bridgehead atoms. The summed E-state index contributed by atoms with van der Waals surface area (Å²) >= 11 is 0. The topological polar surface area (TPSA) is 95.1 Å². The van der Waals surface area contributed by atoms with Crippen molar-refractivity contribution in [1.82, 2.24) is 20.2 Å². The van der Waals surface area contributed by atoms with Gasteiger partial charge in [-0.3, -0.25) is 4.79 Å². The van der Waals surface area contributed by atoms with E-state index in [-0.39, 0.29) is 18.1 Å². The van der Waals surface area contributed by atoms with E-state index in [4.69, 9.17) is 9.15 Å². The minimum absolute atomic E-state index is 0.0121. The van der Waals surface area contributed by atoms with Crippen molar-refractivity contribution >= 4 is 11.6 Å². The molecule has 0 fully saturated rings. The molecule has 2 heterocycles. The summed E-state index contributed by atoms with van der Waals surface area (Å²) in [6, 6.07) is 13.2. The molecule has 2 aromatic heterocycles. The molecule has 0 spiro atoms. The van der Waals surface area contributed by atoms with Crippen molar-refractivity contribution in [3.63, 3.8) is 0 Å². The Labute approximate surface area is 177 Å². The highest BCUT2D eigenvalue weighted by atomic mass is 19.1. The van der Waals surface area contributed by atoms with Crippen LogP contribution in [0.25, 0.3) is 5.69 Å². The number of nitrogens with one attached hydrogen (secondary N) is 1. The third-order valence-corrected chi connectivity index (χ3v) is 4.65. The average Bonchev–Trinajstić information content (AvgIpc) is 3.38. The van der Waals surface area contributed by atoms with Gasteiger partial charge in [0.05, 0.1) is 11.4 Å². The number of benzene rings is 2. The van der Waals surface area contributed by atoms with E-state index in [1.54, 1.807) is 13.0 Å². The molecule has 4 aromatic rings. The summed E-state index contributed by atoms with van der Waals surface area (Å²) in [4.78, 5) is 12.6. The molecule has 9 heteroatoms. The molecule has 4 rings (SSSR count). The maximum atomic E-state index is 14.2. The molecule has 0 saturated carbocycles. The first kappa shape index (κ1) is 20.3. The number of hydrogen-bond donors (Lipinski definition) is 1. The fraction of sp³-hybridized carbons (Fsp3) is 0.182. The number of ether oxygens (including phenoxy) is 1. The molecule has 2 aromatic carbocycles. The summed E-state index contributed by atoms with van der Waals surface area (Å²) in [5, 5.41) is 13.7. The van der Waals surface area contributed by atoms with E-state index >= 15 is 0 Å². The number of nitrogens with zero attached hydrogens (tertiary/aromatic N) is 4. The Morgan fingerprint density at radius 1 is 1.13 bits per heavy atom. The molecule has 0 atom stereocenters. The number of hydrogen-bond acceptors (Lipinski definition) is 6. The van der Waals surface area contributed by atoms with Crippen molar-refractivity contribution in [3.05, 3.63) is 82.8 Å². The second kappa shape index (κ2) is 8.39. The fourth-order valence-corrected chi connectivity index (χ4v) is 3.08. The minimum atomic E-state index is -0.590. The molecule has 0 aliphatic carbocycles. The first-order valence-electron chi connectivity index (χ1n) is 9.56. The van der Waals surface area contributed by atoms with Crippen LogP contribution >= 0.6 is 0 Å². The van der Waals surface area contributed by atoms with Crippen LogP contribution in [0.15, 0.2) is 52.9 Å². The van der Waals surface area contributed by atoms with Gasteiger partial charge in [0.2, 0.25) is 0 Å². The van der Waals surface area contributed by atoms with Crippen LogP contribution < -0.4 is 10.1 Å². The first-order chi connectivity index (χ1) is 14.9. The normalized spacial score (nSPS) is 10.8. The number of amides is 1. The second-order valence-electron chi connectivity index (χ2n) is 7.08. The average molecular weight is 421 g/mol. The molecule has 1 amide bonds. The molecule has 158 valence electrons. The predicted molar refractivity (Wildman–Crippen MR) is 111 cm³/mol. The van der Waals surface area contributed by atoms with E-state index in [9.17, 15) is 9.18 Å². The first-order valence-corrected chi connectivity index (χ1v) is 9.56. The fourth-order valence-electron chi connectivity index (χ4n) is 3.08. The molecule has 0 radical (unpaired) electrons. The Balaban J connectivity index is 1.45. The highest BCUT2D eigenvalue weighted by Crippen LogP contribution is 2.22. The van der Waals surface area contributed by atoms with Crippen LogP contribution in [0.1, 0.15) is 33.3 Å². The lowest BCUT2D eigenvalue weighted by molar-refractivity contribution is 0.0992. The third-order valence-electron chi connectivity index (χ3n) is 4.65. The Bertz CT molecular complexity index is 1250. The van der Waals surface area contributed by atoms with Crippen LogP contribution in [0.5, 0.6) is 5.75 Å². The van der Waals surface area contributed by atoms with E-state index < -0.39 is 11.7 Å². The van der Waals surface area contributed by atoms with E-state index in [0.717, 1.165) is 16.9 Å². The highest BCUT2D eigenvalue weighted by Gasteiger charge is 2.16. The molecular formula is C22H20FN5O3. The maximum absolute atomic E-state index is 14.2. The lowest BCUT2D eigenvalue weighted by Gasteiger charge is -2.09. The summed E-state index contributed by atoms with van der Waals surface area (Å²) in [6.07, 6.45) is 0. The number of carbonyl (C=O) groups excluding carboxylic acids is 1. The van der Waals surface area contributed by atoms with Gasteiger partial charge in [-0.25, -0.2) is 4.39 Å². The molecule has 1 N–H and O–H groups in total. The van der Waals surface area contributed by atoms with Crippen LogP contribution in [0.3, 0.4) is 0 Å². The number of tetrazole rings is 1. The van der Waals surface area contributed by atoms with Crippen LogP contribution in [-0.2, 0) is 6.61 Å². The zero-order valence-electron chi connectivity index (χ0n) is 17.2. The largest absolute Gasteiger partial charge is 0.485 e. The van der Waals surface area contributed by atoms with Gasteiger partial charge in [0.15, 0.2) is 11.6 Å². The number of aromatic nitrogens is 4. The van der Waals surface area contributed by atoms with Crippen molar-refractivity contribution < 1.29 is 18.3 Å². The Morgan fingerprint density at radius 3 is 2.71 bits per heavy atom. The number of carbonyl (C=O) groups is 1. The minimum Gasteiger partial charge on any atom is -0.485 e. The van der Waals surface area contributed by atoms with Crippen molar-refractivity contribution in [2.45, 2.75) is 27.4 Å². The summed E-state index contributed by atoms with van der Waals surface area (Å²) < 4.78 is 27.0. The second-order valence-corrected chi connectivity index (χ2v) is 7.08. The van der Waals surface area contributed by atoms with Crippen LogP contribution in [0, 0.1) is 26.6 Å². The number of aryl methyl sites for hydroxylation is 3. The van der Waals surface area contributed by atoms with Gasteiger partial charge < -0.3 is 14.5 Å². The number of halogens is 1. The van der Waals surface area contributed by atoms with Gasteiger partial charge in [-0.2, -0.15) is 4.68 Å². The molecular weight excluding hydrogens is 401 g/mol. The summed E-state index contributed by atoms with van der Waals surface area (Å²) in [5.41, 5.74) is 2.66. The number of anilines is 1. The van der Waals surface area contributed by atoms with Gasteiger partial charge >= 0.3 is 0 Å². The smallest absolute Gasteiger partial charge is 0.291 e. The quantitative estimate of drug-likeness (QED) is 0.503. The monoisotopic (exact) mass is 421 g/mol. The maximum Gasteiger partial charge on any atom is 0.291 e. The van der Waals surface area contributed by atoms with Gasteiger partial charge in [-0.15, -0.1) is 5.10 Å². The van der Waals surface area contributed by atoms with Gasteiger partial charge in [0.1, 0.15) is 23.9 Å². The molecule has 0 unspecified atom stereocenters. The SMILES string of the molecule is Cc1ccc(OCc2ccc(C(=O)Nc3cc(-n4nnnc4C)ccc3F)o2)c(C)c1. The number of rotatable bonds is 6. The summed E-state index contributed by atoms with van der Waals surface area (Å²) in [7, 11) is 0. The van der Waals surface area contributed by atoms with Gasteiger partial charge in [-0.1, -0.05) is 17.7 Å². The lowest BCUT2D eigenvalue weighted by atomic mass is 10.1. The third kappa shape index (κ3) is 4.45. The molecule has 0 aliphatic rings. The van der Waals surface area contributed by atoms with E-state index in [1.807, 2.05) is 32.0 Å². The summed E-state index contributed by atoms with van der Waals surface area (Å²) in [5.74, 6) is 0.620. The Kier molecular flexibility index (Phi) is 5.48. The van der Waals surface area contributed by atoms with Crippen molar-refractivity contribution in [1.29, 1.82) is 0 Å². The van der Waals surface area contributed by atoms with E-state index in [1.165, 1.54) is 28.9 Å². The molecule has 31 heavy (non-hydrogen) atoms. The Hall–Kier alpha value is -4.01. The zero-order chi connectivity index (χ0) is 22.0. The van der Waals surface area contributed by atoms with Crippen molar-refractivity contribution in [3.8, 4) is 11.4 Å². The van der Waals surface area contributed by atoms with Crippen molar-refractivity contribution in [2.75, 3.05) is 5.32 Å². The molecule has 8 nitrogen and oxygen atoms in total. The Morgan fingerprint density at radius 2 is 1.97 bits per heavy atom. The van der Waals surface area contributed by atoms with Crippen molar-refractivity contribution in [2.24, 2.45) is 0 Å². The lowest BCUT2D eigenvalue weighted by Crippen LogP contribution is -2.13. The van der Waals surface area contributed by atoms with Crippen LogP contribution in [0.2, 0.25) is 0 Å². The van der Waals surface area contributed by atoms with Crippen LogP contribution in [0.4, 0.5) is 10.1 Å². The van der Waals surface area contributed by atoms with Gasteiger partial charge in [-0.05, 0) is 73.2 Å². The molecule has 0 aliphatic heterocycles.